The molecule has 1 amide bonds. The molecule has 0 saturated carbocycles. The molecule has 0 aliphatic carbocycles. The minimum absolute atomic E-state index is 0.0115. The maximum atomic E-state index is 13.0. The van der Waals surface area contributed by atoms with Crippen LogP contribution in [0.5, 0.6) is 5.75 Å². The number of aromatic nitrogens is 3. The van der Waals surface area contributed by atoms with Crippen LogP contribution in [0.2, 0.25) is 0 Å². The summed E-state index contributed by atoms with van der Waals surface area (Å²) in [5, 5.41) is 20.3. The number of para-hydroxylation sites is 1. The normalized spacial score (nSPS) is 12.4. The Morgan fingerprint density at radius 1 is 1.20 bits per heavy atom. The van der Waals surface area contributed by atoms with Crippen molar-refractivity contribution < 1.29 is 27.8 Å². The quantitative estimate of drug-likeness (QED) is 0.614. The van der Waals surface area contributed by atoms with Gasteiger partial charge in [-0.05, 0) is 17.7 Å². The first-order valence-electron chi connectivity index (χ1n) is 8.94. The lowest BCUT2D eigenvalue weighted by molar-refractivity contribution is -0.138. The van der Waals surface area contributed by atoms with E-state index in [1.807, 2.05) is 0 Å². The van der Waals surface area contributed by atoms with Gasteiger partial charge in [0.1, 0.15) is 11.9 Å². The van der Waals surface area contributed by atoms with E-state index < -0.39 is 23.8 Å². The molecule has 30 heavy (non-hydrogen) atoms. The smallest absolute Gasteiger partial charge is 0.416 e. The Hall–Kier alpha value is -3.40. The molecule has 0 fully saturated rings. The summed E-state index contributed by atoms with van der Waals surface area (Å²) in [6, 6.07) is 11.9. The fourth-order valence-corrected chi connectivity index (χ4v) is 2.93. The first-order valence-corrected chi connectivity index (χ1v) is 8.94. The Bertz CT molecular complexity index is 1020. The molecule has 158 valence electrons. The Morgan fingerprint density at radius 2 is 1.90 bits per heavy atom. The van der Waals surface area contributed by atoms with E-state index in [-0.39, 0.29) is 24.3 Å². The molecule has 0 unspecified atom stereocenters. The number of methoxy groups -OCH3 is 1. The topological polar surface area (TPSA) is 89.3 Å². The van der Waals surface area contributed by atoms with E-state index in [9.17, 15) is 23.1 Å². The SMILES string of the molecule is COc1ccccc1[C@H](O)Cn1cc(C(=O)NCc2ccccc2C(F)(F)F)nn1. The van der Waals surface area contributed by atoms with Crippen LogP contribution in [0.1, 0.15) is 33.3 Å². The molecule has 0 saturated heterocycles. The van der Waals surface area contributed by atoms with Crippen LogP contribution in [0.25, 0.3) is 0 Å². The van der Waals surface area contributed by atoms with Gasteiger partial charge in [-0.3, -0.25) is 4.79 Å². The van der Waals surface area contributed by atoms with Gasteiger partial charge in [0.15, 0.2) is 5.69 Å². The van der Waals surface area contributed by atoms with E-state index in [1.54, 1.807) is 24.3 Å². The number of hydrogen-bond donors (Lipinski definition) is 2. The second-order valence-corrected chi connectivity index (χ2v) is 6.42. The van der Waals surface area contributed by atoms with Crippen LogP contribution >= 0.6 is 0 Å². The van der Waals surface area contributed by atoms with Crippen LogP contribution in [0.4, 0.5) is 13.2 Å². The van der Waals surface area contributed by atoms with Crippen molar-refractivity contribution in [3.05, 3.63) is 77.1 Å². The van der Waals surface area contributed by atoms with Gasteiger partial charge in [0, 0.05) is 12.1 Å². The number of carbonyl (C=O) groups excluding carboxylic acids is 1. The molecule has 0 aliphatic rings. The highest BCUT2D eigenvalue weighted by Crippen LogP contribution is 2.31. The molecule has 3 rings (SSSR count). The zero-order valence-corrected chi connectivity index (χ0v) is 15.9. The Kier molecular flexibility index (Phi) is 6.36. The van der Waals surface area contributed by atoms with Gasteiger partial charge in [0.05, 0.1) is 25.4 Å². The van der Waals surface area contributed by atoms with Gasteiger partial charge in [0.25, 0.3) is 5.91 Å². The highest BCUT2D eigenvalue weighted by atomic mass is 19.4. The number of benzene rings is 2. The average molecular weight is 420 g/mol. The number of aliphatic hydroxyl groups excluding tert-OH is 1. The van der Waals surface area contributed by atoms with Gasteiger partial charge in [-0.25, -0.2) is 4.68 Å². The third-order valence-corrected chi connectivity index (χ3v) is 4.39. The largest absolute Gasteiger partial charge is 0.496 e. The van der Waals surface area contributed by atoms with E-state index in [0.29, 0.717) is 11.3 Å². The molecule has 0 bridgehead atoms. The second kappa shape index (κ2) is 8.95. The Balaban J connectivity index is 1.65. The summed E-state index contributed by atoms with van der Waals surface area (Å²) in [5.74, 6) is -0.170. The van der Waals surface area contributed by atoms with Crippen molar-refractivity contribution in [3.63, 3.8) is 0 Å². The van der Waals surface area contributed by atoms with Gasteiger partial charge in [-0.1, -0.05) is 41.6 Å². The molecule has 0 radical (unpaired) electrons. The highest BCUT2D eigenvalue weighted by Gasteiger charge is 2.32. The fraction of sp³-hybridized carbons (Fsp3) is 0.250. The predicted octanol–water partition coefficient (Wildman–Crippen LogP) is 2.97. The van der Waals surface area contributed by atoms with E-state index in [2.05, 4.69) is 15.6 Å². The summed E-state index contributed by atoms with van der Waals surface area (Å²) in [6.07, 6.45) is -4.17. The maximum Gasteiger partial charge on any atom is 0.416 e. The lowest BCUT2D eigenvalue weighted by atomic mass is 10.1. The summed E-state index contributed by atoms with van der Waals surface area (Å²) in [7, 11) is 1.49. The van der Waals surface area contributed by atoms with Crippen molar-refractivity contribution in [3.8, 4) is 5.75 Å². The van der Waals surface area contributed by atoms with E-state index in [0.717, 1.165) is 6.07 Å². The molecule has 3 aromatic rings. The summed E-state index contributed by atoms with van der Waals surface area (Å²) < 4.78 is 45.6. The first kappa shape index (κ1) is 21.3. The summed E-state index contributed by atoms with van der Waals surface area (Å²) in [6.45, 7) is -0.303. The van der Waals surface area contributed by atoms with Crippen LogP contribution in [-0.2, 0) is 19.3 Å². The van der Waals surface area contributed by atoms with Gasteiger partial charge >= 0.3 is 6.18 Å². The van der Waals surface area contributed by atoms with Crippen molar-refractivity contribution >= 4 is 5.91 Å². The number of hydrogen-bond acceptors (Lipinski definition) is 5. The van der Waals surface area contributed by atoms with Crippen LogP contribution in [0.15, 0.2) is 54.7 Å². The molecule has 1 heterocycles. The van der Waals surface area contributed by atoms with Crippen molar-refractivity contribution in [2.45, 2.75) is 25.4 Å². The summed E-state index contributed by atoms with van der Waals surface area (Å²) >= 11 is 0. The zero-order valence-electron chi connectivity index (χ0n) is 15.9. The highest BCUT2D eigenvalue weighted by molar-refractivity contribution is 5.91. The van der Waals surface area contributed by atoms with Crippen molar-refractivity contribution in [1.82, 2.24) is 20.3 Å². The monoisotopic (exact) mass is 420 g/mol. The molecule has 2 N–H and O–H groups in total. The molecule has 1 atom stereocenters. The molecular formula is C20H19F3N4O3. The number of alkyl halides is 3. The van der Waals surface area contributed by atoms with Crippen molar-refractivity contribution in [2.75, 3.05) is 7.11 Å². The van der Waals surface area contributed by atoms with Crippen LogP contribution < -0.4 is 10.1 Å². The van der Waals surface area contributed by atoms with Gasteiger partial charge in [-0.2, -0.15) is 13.2 Å². The Morgan fingerprint density at radius 3 is 2.63 bits per heavy atom. The number of halogens is 3. The zero-order chi connectivity index (χ0) is 21.7. The molecule has 10 heteroatoms. The number of ether oxygens (including phenoxy) is 1. The van der Waals surface area contributed by atoms with Crippen LogP contribution in [0, 0.1) is 0 Å². The number of carbonyl (C=O) groups is 1. The summed E-state index contributed by atoms with van der Waals surface area (Å²) in [4.78, 5) is 12.3. The van der Waals surface area contributed by atoms with E-state index >= 15 is 0 Å². The van der Waals surface area contributed by atoms with Gasteiger partial charge in [-0.15, -0.1) is 5.10 Å². The van der Waals surface area contributed by atoms with Gasteiger partial charge < -0.3 is 15.2 Å². The van der Waals surface area contributed by atoms with E-state index in [1.165, 1.54) is 36.2 Å². The molecule has 1 aromatic heterocycles. The third kappa shape index (κ3) is 4.95. The minimum atomic E-state index is -4.51. The molecule has 7 nitrogen and oxygen atoms in total. The Labute approximate surface area is 170 Å². The number of nitrogens with zero attached hydrogens (tertiary/aromatic N) is 3. The van der Waals surface area contributed by atoms with Gasteiger partial charge in [0.2, 0.25) is 0 Å². The fourth-order valence-electron chi connectivity index (χ4n) is 2.93. The predicted molar refractivity (Wildman–Crippen MR) is 101 cm³/mol. The molecule has 0 aliphatic heterocycles. The third-order valence-electron chi connectivity index (χ3n) is 4.39. The molecule has 2 aromatic carbocycles. The second-order valence-electron chi connectivity index (χ2n) is 6.42. The number of amides is 1. The average Bonchev–Trinajstić information content (AvgIpc) is 3.20. The number of aliphatic hydroxyl groups is 1. The number of rotatable bonds is 7. The minimum Gasteiger partial charge on any atom is -0.496 e. The standard InChI is InChI=1S/C20H19F3N4O3/c1-30-18-9-5-3-7-14(18)17(28)12-27-11-16(25-26-27)19(29)24-10-13-6-2-4-8-15(13)20(21,22)23/h2-9,11,17,28H,10,12H2,1H3,(H,24,29)/t17-/m1/s1. The van der Waals surface area contributed by atoms with Crippen LogP contribution in [-0.4, -0.2) is 33.1 Å². The maximum absolute atomic E-state index is 13.0. The van der Waals surface area contributed by atoms with Crippen molar-refractivity contribution in [2.24, 2.45) is 0 Å². The molecular weight excluding hydrogens is 401 g/mol. The summed E-state index contributed by atoms with van der Waals surface area (Å²) in [5.41, 5.74) is -0.400. The number of nitrogens with one attached hydrogen (secondary N) is 1. The van der Waals surface area contributed by atoms with Crippen LogP contribution in [0.3, 0.4) is 0 Å². The lowest BCUT2D eigenvalue weighted by Gasteiger charge is -2.14. The van der Waals surface area contributed by atoms with E-state index in [4.69, 9.17) is 4.74 Å². The first-order chi connectivity index (χ1) is 14.3. The van der Waals surface area contributed by atoms with Crippen molar-refractivity contribution in [1.29, 1.82) is 0 Å². The lowest BCUT2D eigenvalue weighted by Crippen LogP contribution is -2.24. The molecule has 0 spiro atoms.